The number of aryl methyl sites for hydroxylation is 1. The highest BCUT2D eigenvalue weighted by Gasteiger charge is 2.15. The summed E-state index contributed by atoms with van der Waals surface area (Å²) >= 11 is 0. The summed E-state index contributed by atoms with van der Waals surface area (Å²) in [6.45, 7) is 1.63. The van der Waals surface area contributed by atoms with Crippen molar-refractivity contribution in [3.05, 3.63) is 64.7 Å². The molecule has 0 heterocycles. The minimum atomic E-state index is -1.14. The molecule has 0 fully saturated rings. The fraction of sp³-hybridized carbons (Fsp3) is 0.143. The first kappa shape index (κ1) is 12.5. The van der Waals surface area contributed by atoms with Gasteiger partial charge < -0.3 is 10.8 Å². The lowest BCUT2D eigenvalue weighted by atomic mass is 9.99. The second kappa shape index (κ2) is 4.74. The van der Waals surface area contributed by atoms with Gasteiger partial charge in [0.1, 0.15) is 17.7 Å². The van der Waals surface area contributed by atoms with Crippen LogP contribution in [0, 0.1) is 18.6 Å². The van der Waals surface area contributed by atoms with Crippen molar-refractivity contribution in [2.45, 2.75) is 13.0 Å². The first-order chi connectivity index (χ1) is 8.49. The summed E-state index contributed by atoms with van der Waals surface area (Å²) in [4.78, 5) is 0. The summed E-state index contributed by atoms with van der Waals surface area (Å²) in [5, 5.41) is 10.1. The Bertz CT molecular complexity index is 584. The molecule has 0 spiro atoms. The number of nitrogen functional groups attached to an aromatic ring is 1. The first-order valence-corrected chi connectivity index (χ1v) is 5.48. The summed E-state index contributed by atoms with van der Waals surface area (Å²) in [5.74, 6) is -0.910. The lowest BCUT2D eigenvalue weighted by molar-refractivity contribution is 0.220. The maximum Gasteiger partial charge on any atom is 0.126 e. The van der Waals surface area contributed by atoms with Gasteiger partial charge in [0, 0.05) is 11.3 Å². The maximum atomic E-state index is 13.4. The molecule has 0 aliphatic heterocycles. The van der Waals surface area contributed by atoms with Crippen molar-refractivity contribution >= 4 is 5.69 Å². The Balaban J connectivity index is 2.44. The van der Waals surface area contributed by atoms with Crippen molar-refractivity contribution in [2.75, 3.05) is 5.73 Å². The topological polar surface area (TPSA) is 46.2 Å². The van der Waals surface area contributed by atoms with Crippen LogP contribution in [0.5, 0.6) is 0 Å². The Labute approximate surface area is 104 Å². The normalized spacial score (nSPS) is 12.4. The molecule has 0 aliphatic rings. The highest BCUT2D eigenvalue weighted by atomic mass is 19.1. The van der Waals surface area contributed by atoms with Gasteiger partial charge in [-0.2, -0.15) is 0 Å². The second-order valence-electron chi connectivity index (χ2n) is 4.18. The van der Waals surface area contributed by atoms with Gasteiger partial charge in [-0.05, 0) is 42.3 Å². The minimum absolute atomic E-state index is 0.234. The smallest absolute Gasteiger partial charge is 0.126 e. The van der Waals surface area contributed by atoms with Crippen LogP contribution in [-0.2, 0) is 0 Å². The van der Waals surface area contributed by atoms with Crippen LogP contribution < -0.4 is 5.73 Å². The van der Waals surface area contributed by atoms with Crippen LogP contribution in [0.15, 0.2) is 36.4 Å². The Kier molecular flexibility index (Phi) is 3.30. The molecule has 2 aromatic rings. The van der Waals surface area contributed by atoms with Gasteiger partial charge in [0.15, 0.2) is 0 Å². The molecule has 18 heavy (non-hydrogen) atoms. The van der Waals surface area contributed by atoms with Crippen LogP contribution in [0.2, 0.25) is 0 Å². The van der Waals surface area contributed by atoms with Gasteiger partial charge in [0.25, 0.3) is 0 Å². The van der Waals surface area contributed by atoms with Gasteiger partial charge in [0.05, 0.1) is 0 Å². The lowest BCUT2D eigenvalue weighted by Gasteiger charge is -2.14. The number of nitrogens with two attached hydrogens (primary N) is 1. The third-order valence-electron chi connectivity index (χ3n) is 2.86. The fourth-order valence-electron chi connectivity index (χ4n) is 1.74. The van der Waals surface area contributed by atoms with Crippen LogP contribution in [0.25, 0.3) is 0 Å². The largest absolute Gasteiger partial charge is 0.398 e. The van der Waals surface area contributed by atoms with Gasteiger partial charge in [-0.25, -0.2) is 8.78 Å². The van der Waals surface area contributed by atoms with E-state index in [1.54, 1.807) is 19.1 Å². The summed E-state index contributed by atoms with van der Waals surface area (Å²) in [5.41, 5.74) is 7.01. The van der Waals surface area contributed by atoms with E-state index < -0.39 is 17.7 Å². The Hall–Kier alpha value is -1.94. The second-order valence-corrected chi connectivity index (χ2v) is 4.18. The zero-order chi connectivity index (χ0) is 13.3. The van der Waals surface area contributed by atoms with Crippen molar-refractivity contribution in [1.29, 1.82) is 0 Å². The molecular weight excluding hydrogens is 236 g/mol. The summed E-state index contributed by atoms with van der Waals surface area (Å²) in [6, 6.07) is 8.11. The van der Waals surface area contributed by atoms with E-state index >= 15 is 0 Å². The molecule has 94 valence electrons. The van der Waals surface area contributed by atoms with Gasteiger partial charge in [-0.15, -0.1) is 0 Å². The number of rotatable bonds is 2. The zero-order valence-corrected chi connectivity index (χ0v) is 9.82. The molecule has 0 aromatic heterocycles. The number of benzene rings is 2. The molecule has 2 nitrogen and oxygen atoms in total. The van der Waals surface area contributed by atoms with Gasteiger partial charge in [-0.3, -0.25) is 0 Å². The van der Waals surface area contributed by atoms with Crippen molar-refractivity contribution in [2.24, 2.45) is 0 Å². The third kappa shape index (κ3) is 2.33. The van der Waals surface area contributed by atoms with E-state index in [9.17, 15) is 13.9 Å². The lowest BCUT2D eigenvalue weighted by Crippen LogP contribution is -2.05. The van der Waals surface area contributed by atoms with Gasteiger partial charge in [-0.1, -0.05) is 12.1 Å². The molecule has 0 bridgehead atoms. The molecule has 0 saturated carbocycles. The summed E-state index contributed by atoms with van der Waals surface area (Å²) < 4.78 is 26.5. The van der Waals surface area contributed by atoms with E-state index in [1.165, 1.54) is 18.2 Å². The number of halogens is 2. The fourth-order valence-corrected chi connectivity index (χ4v) is 1.74. The Morgan fingerprint density at radius 2 is 1.83 bits per heavy atom. The van der Waals surface area contributed by atoms with Crippen molar-refractivity contribution in [1.82, 2.24) is 0 Å². The maximum absolute atomic E-state index is 13.4. The predicted molar refractivity (Wildman–Crippen MR) is 66.0 cm³/mol. The predicted octanol–water partition coefficient (Wildman–Crippen LogP) is 2.94. The number of aliphatic hydroxyl groups excluding tert-OH is 1. The summed E-state index contributed by atoms with van der Waals surface area (Å²) in [7, 11) is 0. The average molecular weight is 249 g/mol. The first-order valence-electron chi connectivity index (χ1n) is 5.48. The standard InChI is InChI=1S/C14H13F2NO/c1-8-2-3-9(6-12(8)16)14(18)11-7-10(15)4-5-13(11)17/h2-7,14,18H,17H2,1H3. The molecule has 0 aliphatic carbocycles. The molecule has 0 radical (unpaired) electrons. The molecule has 2 aromatic carbocycles. The highest BCUT2D eigenvalue weighted by molar-refractivity contribution is 5.50. The van der Waals surface area contributed by atoms with Crippen LogP contribution in [0.3, 0.4) is 0 Å². The molecule has 1 unspecified atom stereocenters. The number of anilines is 1. The van der Waals surface area contributed by atoms with E-state index in [2.05, 4.69) is 0 Å². The minimum Gasteiger partial charge on any atom is -0.398 e. The summed E-state index contributed by atoms with van der Waals surface area (Å²) in [6.07, 6.45) is -1.14. The van der Waals surface area contributed by atoms with Crippen LogP contribution in [-0.4, -0.2) is 5.11 Å². The van der Waals surface area contributed by atoms with Gasteiger partial charge in [0.2, 0.25) is 0 Å². The molecule has 4 heteroatoms. The number of aliphatic hydroxyl groups is 1. The Morgan fingerprint density at radius 1 is 1.11 bits per heavy atom. The number of hydrogen-bond acceptors (Lipinski definition) is 2. The van der Waals surface area contributed by atoms with Crippen molar-refractivity contribution < 1.29 is 13.9 Å². The van der Waals surface area contributed by atoms with Crippen molar-refractivity contribution in [3.63, 3.8) is 0 Å². The van der Waals surface area contributed by atoms with E-state index in [-0.39, 0.29) is 11.3 Å². The van der Waals surface area contributed by atoms with Gasteiger partial charge >= 0.3 is 0 Å². The van der Waals surface area contributed by atoms with Crippen LogP contribution in [0.4, 0.5) is 14.5 Å². The van der Waals surface area contributed by atoms with E-state index in [0.29, 0.717) is 11.1 Å². The van der Waals surface area contributed by atoms with Crippen LogP contribution >= 0.6 is 0 Å². The molecular formula is C14H13F2NO. The van der Waals surface area contributed by atoms with Crippen molar-refractivity contribution in [3.8, 4) is 0 Å². The quantitative estimate of drug-likeness (QED) is 0.804. The number of hydrogen-bond donors (Lipinski definition) is 2. The highest BCUT2D eigenvalue weighted by Crippen LogP contribution is 2.28. The van der Waals surface area contributed by atoms with Crippen LogP contribution in [0.1, 0.15) is 22.8 Å². The van der Waals surface area contributed by atoms with E-state index in [4.69, 9.17) is 5.73 Å². The van der Waals surface area contributed by atoms with E-state index in [0.717, 1.165) is 6.07 Å². The zero-order valence-electron chi connectivity index (χ0n) is 9.82. The third-order valence-corrected chi connectivity index (χ3v) is 2.86. The molecule has 2 rings (SSSR count). The SMILES string of the molecule is Cc1ccc(C(O)c2cc(F)ccc2N)cc1F. The molecule has 0 saturated heterocycles. The average Bonchev–Trinajstić information content (AvgIpc) is 2.35. The Morgan fingerprint density at radius 3 is 2.50 bits per heavy atom. The molecule has 3 N–H and O–H groups in total. The van der Waals surface area contributed by atoms with E-state index in [1.807, 2.05) is 0 Å². The monoisotopic (exact) mass is 249 g/mol. The molecule has 1 atom stereocenters. The molecule has 0 amide bonds.